The lowest BCUT2D eigenvalue weighted by atomic mass is 10.1. The molecule has 0 saturated carbocycles. The molecule has 0 radical (unpaired) electrons. The maximum atomic E-state index is 12.0. The molecule has 0 fully saturated rings. The third kappa shape index (κ3) is 2.96. The standard InChI is InChI=1S/C16H15N3O/c1-11-14(6-3-7-15(11)18)10-19-16(20)13-5-2-4-12(8-13)9-17/h2-8H,10,18H2,1H3,(H,19,20). The quantitative estimate of drug-likeness (QED) is 0.836. The van der Waals surface area contributed by atoms with E-state index >= 15 is 0 Å². The Hall–Kier alpha value is -2.80. The number of nitrogen functional groups attached to an aromatic ring is 1. The minimum Gasteiger partial charge on any atom is -0.399 e. The molecular weight excluding hydrogens is 250 g/mol. The van der Waals surface area contributed by atoms with E-state index in [1.807, 2.05) is 31.2 Å². The van der Waals surface area contributed by atoms with E-state index in [9.17, 15) is 4.79 Å². The van der Waals surface area contributed by atoms with Crippen molar-refractivity contribution in [1.29, 1.82) is 5.26 Å². The minimum absolute atomic E-state index is 0.205. The second-order valence-corrected chi connectivity index (χ2v) is 4.51. The van der Waals surface area contributed by atoms with E-state index < -0.39 is 0 Å². The molecule has 0 aliphatic heterocycles. The predicted molar refractivity (Wildman–Crippen MR) is 77.9 cm³/mol. The van der Waals surface area contributed by atoms with Gasteiger partial charge in [-0.2, -0.15) is 5.26 Å². The van der Waals surface area contributed by atoms with E-state index in [-0.39, 0.29) is 5.91 Å². The van der Waals surface area contributed by atoms with Crippen LogP contribution in [0.5, 0.6) is 0 Å². The number of amides is 1. The molecular formula is C16H15N3O. The summed E-state index contributed by atoms with van der Waals surface area (Å²) >= 11 is 0. The highest BCUT2D eigenvalue weighted by molar-refractivity contribution is 5.94. The van der Waals surface area contributed by atoms with Crippen LogP contribution in [-0.4, -0.2) is 5.91 Å². The molecule has 4 nitrogen and oxygen atoms in total. The van der Waals surface area contributed by atoms with Gasteiger partial charge in [-0.15, -0.1) is 0 Å². The molecule has 0 aliphatic carbocycles. The summed E-state index contributed by atoms with van der Waals surface area (Å²) in [5.41, 5.74) is 9.44. The summed E-state index contributed by atoms with van der Waals surface area (Å²) in [6.45, 7) is 2.33. The third-order valence-electron chi connectivity index (χ3n) is 3.18. The zero-order valence-electron chi connectivity index (χ0n) is 11.2. The van der Waals surface area contributed by atoms with Gasteiger partial charge < -0.3 is 11.1 Å². The van der Waals surface area contributed by atoms with Crippen LogP contribution in [0.2, 0.25) is 0 Å². The van der Waals surface area contributed by atoms with Gasteiger partial charge in [0.15, 0.2) is 0 Å². The Morgan fingerprint density at radius 3 is 2.80 bits per heavy atom. The molecule has 0 aliphatic rings. The Morgan fingerprint density at radius 1 is 1.30 bits per heavy atom. The van der Waals surface area contributed by atoms with Crippen molar-refractivity contribution in [3.63, 3.8) is 0 Å². The fourth-order valence-electron chi connectivity index (χ4n) is 1.90. The van der Waals surface area contributed by atoms with E-state index in [0.717, 1.165) is 11.1 Å². The number of carbonyl (C=O) groups excluding carboxylic acids is 1. The Bertz CT molecular complexity index is 686. The predicted octanol–water partition coefficient (Wildman–Crippen LogP) is 2.38. The molecule has 100 valence electrons. The molecule has 20 heavy (non-hydrogen) atoms. The fraction of sp³-hybridized carbons (Fsp3) is 0.125. The van der Waals surface area contributed by atoms with Crippen molar-refractivity contribution < 1.29 is 4.79 Å². The van der Waals surface area contributed by atoms with Crippen LogP contribution in [0.1, 0.15) is 27.0 Å². The molecule has 0 aromatic heterocycles. The Labute approximate surface area is 117 Å². The van der Waals surface area contributed by atoms with Gasteiger partial charge in [0.1, 0.15) is 0 Å². The molecule has 0 spiro atoms. The van der Waals surface area contributed by atoms with Gasteiger partial charge in [-0.05, 0) is 42.3 Å². The van der Waals surface area contributed by atoms with Crippen LogP contribution in [0.15, 0.2) is 42.5 Å². The number of carbonyl (C=O) groups is 1. The number of benzene rings is 2. The fourth-order valence-corrected chi connectivity index (χ4v) is 1.90. The first kappa shape index (κ1) is 13.6. The molecule has 3 N–H and O–H groups in total. The third-order valence-corrected chi connectivity index (χ3v) is 3.18. The lowest BCUT2D eigenvalue weighted by Crippen LogP contribution is -2.23. The molecule has 0 unspecified atom stereocenters. The highest BCUT2D eigenvalue weighted by Gasteiger charge is 2.07. The number of nitrogens with zero attached hydrogens (tertiary/aromatic N) is 1. The maximum Gasteiger partial charge on any atom is 0.251 e. The van der Waals surface area contributed by atoms with E-state index in [1.165, 1.54) is 0 Å². The average Bonchev–Trinajstić information content (AvgIpc) is 2.48. The van der Waals surface area contributed by atoms with Crippen LogP contribution < -0.4 is 11.1 Å². The number of nitrogens with two attached hydrogens (primary N) is 1. The van der Waals surface area contributed by atoms with Gasteiger partial charge in [-0.3, -0.25) is 4.79 Å². The van der Waals surface area contributed by atoms with Crippen LogP contribution in [0.25, 0.3) is 0 Å². The van der Waals surface area contributed by atoms with Crippen molar-refractivity contribution >= 4 is 11.6 Å². The minimum atomic E-state index is -0.205. The molecule has 0 bridgehead atoms. The Kier molecular flexibility index (Phi) is 4.02. The highest BCUT2D eigenvalue weighted by Crippen LogP contribution is 2.15. The number of nitrogens with one attached hydrogen (secondary N) is 1. The summed E-state index contributed by atoms with van der Waals surface area (Å²) in [4.78, 5) is 12.0. The molecule has 0 saturated heterocycles. The Balaban J connectivity index is 2.09. The largest absolute Gasteiger partial charge is 0.399 e. The van der Waals surface area contributed by atoms with Crippen molar-refractivity contribution in [3.05, 3.63) is 64.7 Å². The smallest absolute Gasteiger partial charge is 0.251 e. The van der Waals surface area contributed by atoms with Crippen LogP contribution in [0, 0.1) is 18.3 Å². The van der Waals surface area contributed by atoms with Gasteiger partial charge in [-0.1, -0.05) is 18.2 Å². The number of rotatable bonds is 3. The van der Waals surface area contributed by atoms with Gasteiger partial charge in [0.25, 0.3) is 5.91 Å². The zero-order chi connectivity index (χ0) is 14.5. The lowest BCUT2D eigenvalue weighted by molar-refractivity contribution is 0.0951. The maximum absolute atomic E-state index is 12.0. The van der Waals surface area contributed by atoms with Crippen molar-refractivity contribution in [2.45, 2.75) is 13.5 Å². The van der Waals surface area contributed by atoms with Gasteiger partial charge in [-0.25, -0.2) is 0 Å². The lowest BCUT2D eigenvalue weighted by Gasteiger charge is -2.10. The summed E-state index contributed by atoms with van der Waals surface area (Å²) < 4.78 is 0. The van der Waals surface area contributed by atoms with Crippen molar-refractivity contribution in [2.75, 3.05) is 5.73 Å². The number of hydrogen-bond acceptors (Lipinski definition) is 3. The van der Waals surface area contributed by atoms with Crippen molar-refractivity contribution in [2.24, 2.45) is 0 Å². The second-order valence-electron chi connectivity index (χ2n) is 4.51. The van der Waals surface area contributed by atoms with Gasteiger partial charge >= 0.3 is 0 Å². The first-order valence-electron chi connectivity index (χ1n) is 6.24. The van der Waals surface area contributed by atoms with Crippen molar-refractivity contribution in [1.82, 2.24) is 5.32 Å². The molecule has 1 amide bonds. The van der Waals surface area contributed by atoms with Crippen molar-refractivity contribution in [3.8, 4) is 6.07 Å². The van der Waals surface area contributed by atoms with Gasteiger partial charge in [0.05, 0.1) is 11.6 Å². The van der Waals surface area contributed by atoms with E-state index in [0.29, 0.717) is 23.4 Å². The van der Waals surface area contributed by atoms with E-state index in [4.69, 9.17) is 11.0 Å². The summed E-state index contributed by atoms with van der Waals surface area (Å²) in [6.07, 6.45) is 0. The molecule has 4 heteroatoms. The number of hydrogen-bond donors (Lipinski definition) is 2. The molecule has 0 heterocycles. The van der Waals surface area contributed by atoms with E-state index in [2.05, 4.69) is 5.32 Å². The average molecular weight is 265 g/mol. The van der Waals surface area contributed by atoms with Crippen LogP contribution in [-0.2, 0) is 6.54 Å². The molecule has 2 aromatic rings. The van der Waals surface area contributed by atoms with Gasteiger partial charge in [0, 0.05) is 17.8 Å². The zero-order valence-corrected chi connectivity index (χ0v) is 11.2. The number of nitriles is 1. The number of anilines is 1. The SMILES string of the molecule is Cc1c(N)cccc1CNC(=O)c1cccc(C#N)c1. The van der Waals surface area contributed by atoms with Crippen LogP contribution in [0.4, 0.5) is 5.69 Å². The normalized spacial score (nSPS) is 9.80. The van der Waals surface area contributed by atoms with Crippen LogP contribution in [0.3, 0.4) is 0 Å². The van der Waals surface area contributed by atoms with E-state index in [1.54, 1.807) is 24.3 Å². The summed E-state index contributed by atoms with van der Waals surface area (Å²) in [7, 11) is 0. The first-order chi connectivity index (χ1) is 9.61. The highest BCUT2D eigenvalue weighted by atomic mass is 16.1. The second kappa shape index (κ2) is 5.89. The molecule has 0 atom stereocenters. The monoisotopic (exact) mass is 265 g/mol. The van der Waals surface area contributed by atoms with Gasteiger partial charge in [0.2, 0.25) is 0 Å². The summed E-state index contributed by atoms with van der Waals surface area (Å²) in [5.74, 6) is -0.205. The molecule has 2 aromatic carbocycles. The molecule has 2 rings (SSSR count). The first-order valence-corrected chi connectivity index (χ1v) is 6.24. The Morgan fingerprint density at radius 2 is 2.05 bits per heavy atom. The topological polar surface area (TPSA) is 78.9 Å². The summed E-state index contributed by atoms with van der Waals surface area (Å²) in [6, 6.07) is 14.2. The van der Waals surface area contributed by atoms with Crippen LogP contribution >= 0.6 is 0 Å². The summed E-state index contributed by atoms with van der Waals surface area (Å²) in [5, 5.41) is 11.7.